The predicted octanol–water partition coefficient (Wildman–Crippen LogP) is 1.60. The average molecular weight is 239 g/mol. The molecule has 3 rings (SSSR count). The lowest BCUT2D eigenvalue weighted by Gasteiger charge is -2.20. The second-order valence-corrected chi connectivity index (χ2v) is 4.71. The zero-order chi connectivity index (χ0) is 11.1. The van der Waals surface area contributed by atoms with Crippen molar-refractivity contribution in [3.05, 3.63) is 22.2 Å². The van der Waals surface area contributed by atoms with Crippen molar-refractivity contribution in [2.45, 2.75) is 12.8 Å². The number of fused-ring (bicyclic) bond motifs is 3. The first-order valence-electron chi connectivity index (χ1n) is 5.73. The molecule has 2 aliphatic heterocycles. The molecule has 2 N–H and O–H groups in total. The highest BCUT2D eigenvalue weighted by atomic mass is 35.5. The fraction of sp³-hybridized carbons (Fsp3) is 0.500. The van der Waals surface area contributed by atoms with Gasteiger partial charge in [-0.2, -0.15) is 0 Å². The van der Waals surface area contributed by atoms with Gasteiger partial charge < -0.3 is 15.4 Å². The lowest BCUT2D eigenvalue weighted by Crippen LogP contribution is -2.28. The highest BCUT2D eigenvalue weighted by Crippen LogP contribution is 2.44. The fourth-order valence-corrected chi connectivity index (χ4v) is 3.01. The first kappa shape index (κ1) is 10.2. The average Bonchev–Trinajstić information content (AvgIpc) is 2.85. The molecule has 0 fully saturated rings. The Bertz CT molecular complexity index is 434. The van der Waals surface area contributed by atoms with E-state index in [0.717, 1.165) is 43.3 Å². The molecule has 1 aromatic carbocycles. The molecule has 0 bridgehead atoms. The Morgan fingerprint density at radius 3 is 3.12 bits per heavy atom. The number of anilines is 1. The van der Waals surface area contributed by atoms with E-state index in [0.29, 0.717) is 6.54 Å². The molecular formula is C12H15ClN2O. The van der Waals surface area contributed by atoms with Crippen LogP contribution >= 0.6 is 11.6 Å². The Balaban J connectivity index is 2.11. The fourth-order valence-electron chi connectivity index (χ4n) is 2.71. The van der Waals surface area contributed by atoms with Crippen LogP contribution in [0.1, 0.15) is 11.1 Å². The van der Waals surface area contributed by atoms with Crippen molar-refractivity contribution in [2.24, 2.45) is 5.73 Å². The third kappa shape index (κ3) is 1.39. The number of nitrogens with zero attached hydrogens (tertiary/aromatic N) is 1. The summed E-state index contributed by atoms with van der Waals surface area (Å²) in [4.78, 5) is 2.36. The van der Waals surface area contributed by atoms with Crippen LogP contribution in [-0.4, -0.2) is 26.2 Å². The van der Waals surface area contributed by atoms with E-state index in [-0.39, 0.29) is 0 Å². The smallest absolute Gasteiger partial charge is 0.143 e. The Hall–Kier alpha value is -0.930. The molecule has 0 atom stereocenters. The van der Waals surface area contributed by atoms with Crippen molar-refractivity contribution >= 4 is 17.3 Å². The summed E-state index contributed by atoms with van der Waals surface area (Å²) in [5, 5.41) is 0.765. The molecule has 86 valence electrons. The lowest BCUT2D eigenvalue weighted by molar-refractivity contribution is 0.357. The van der Waals surface area contributed by atoms with E-state index in [1.54, 1.807) is 0 Å². The summed E-state index contributed by atoms with van der Waals surface area (Å²) in [6.45, 7) is 3.42. The molecule has 4 heteroatoms. The minimum atomic E-state index is 0.692. The van der Waals surface area contributed by atoms with Gasteiger partial charge in [0.1, 0.15) is 5.75 Å². The molecule has 0 aromatic heterocycles. The molecule has 3 nitrogen and oxygen atoms in total. The normalized spacial score (nSPS) is 17.2. The van der Waals surface area contributed by atoms with Crippen LogP contribution in [0.25, 0.3) is 0 Å². The van der Waals surface area contributed by atoms with Crippen LogP contribution in [0, 0.1) is 0 Å². The highest BCUT2D eigenvalue weighted by molar-refractivity contribution is 6.32. The van der Waals surface area contributed by atoms with Crippen molar-refractivity contribution in [1.82, 2.24) is 0 Å². The molecule has 0 saturated heterocycles. The molecule has 0 aliphatic carbocycles. The summed E-state index contributed by atoms with van der Waals surface area (Å²) in [6, 6.07) is 2.05. The van der Waals surface area contributed by atoms with Gasteiger partial charge in [0, 0.05) is 37.3 Å². The molecule has 2 heterocycles. The standard InChI is InChI=1S/C12H15ClN2O/c13-10-7-8-1-4-15(5-3-14)11(8)9-2-6-16-12(9)10/h7H,1-6,14H2. The molecule has 16 heavy (non-hydrogen) atoms. The van der Waals surface area contributed by atoms with E-state index in [9.17, 15) is 0 Å². The summed E-state index contributed by atoms with van der Waals surface area (Å²) < 4.78 is 5.59. The van der Waals surface area contributed by atoms with Crippen LogP contribution in [0.2, 0.25) is 5.02 Å². The maximum atomic E-state index is 6.21. The molecular weight excluding hydrogens is 224 g/mol. The number of rotatable bonds is 2. The monoisotopic (exact) mass is 238 g/mol. The van der Waals surface area contributed by atoms with Gasteiger partial charge in [0.15, 0.2) is 0 Å². The maximum absolute atomic E-state index is 6.21. The van der Waals surface area contributed by atoms with Gasteiger partial charge in [-0.15, -0.1) is 0 Å². The molecule has 0 saturated carbocycles. The van der Waals surface area contributed by atoms with E-state index < -0.39 is 0 Å². The van der Waals surface area contributed by atoms with Crippen molar-refractivity contribution in [3.8, 4) is 5.75 Å². The first-order valence-corrected chi connectivity index (χ1v) is 6.11. The van der Waals surface area contributed by atoms with Crippen LogP contribution < -0.4 is 15.4 Å². The Morgan fingerprint density at radius 2 is 2.31 bits per heavy atom. The van der Waals surface area contributed by atoms with Gasteiger partial charge in [-0.25, -0.2) is 0 Å². The third-order valence-electron chi connectivity index (χ3n) is 3.35. The Morgan fingerprint density at radius 1 is 1.44 bits per heavy atom. The van der Waals surface area contributed by atoms with Crippen LogP contribution in [0.4, 0.5) is 5.69 Å². The number of benzene rings is 1. The van der Waals surface area contributed by atoms with Gasteiger partial charge in [-0.1, -0.05) is 11.6 Å². The summed E-state index contributed by atoms with van der Waals surface area (Å²) in [6.07, 6.45) is 2.04. The maximum Gasteiger partial charge on any atom is 0.143 e. The van der Waals surface area contributed by atoms with Gasteiger partial charge in [0.2, 0.25) is 0 Å². The summed E-state index contributed by atoms with van der Waals surface area (Å²) in [7, 11) is 0. The molecule has 0 spiro atoms. The minimum absolute atomic E-state index is 0.692. The number of hydrogen-bond acceptors (Lipinski definition) is 3. The van der Waals surface area contributed by atoms with Gasteiger partial charge in [0.05, 0.1) is 11.6 Å². The van der Waals surface area contributed by atoms with E-state index in [1.165, 1.54) is 16.8 Å². The summed E-state index contributed by atoms with van der Waals surface area (Å²) in [5.74, 6) is 0.893. The Kier molecular flexibility index (Phi) is 2.45. The predicted molar refractivity (Wildman–Crippen MR) is 65.6 cm³/mol. The van der Waals surface area contributed by atoms with Crippen molar-refractivity contribution in [3.63, 3.8) is 0 Å². The largest absolute Gasteiger partial charge is 0.491 e. The van der Waals surface area contributed by atoms with E-state index in [1.807, 2.05) is 0 Å². The lowest BCUT2D eigenvalue weighted by atomic mass is 10.1. The van der Waals surface area contributed by atoms with Gasteiger partial charge >= 0.3 is 0 Å². The quantitative estimate of drug-likeness (QED) is 0.851. The Labute approximate surface area is 100 Å². The zero-order valence-electron chi connectivity index (χ0n) is 9.13. The highest BCUT2D eigenvalue weighted by Gasteiger charge is 2.29. The second-order valence-electron chi connectivity index (χ2n) is 4.30. The van der Waals surface area contributed by atoms with Crippen LogP contribution in [0.15, 0.2) is 6.07 Å². The molecule has 0 unspecified atom stereocenters. The van der Waals surface area contributed by atoms with Crippen LogP contribution in [0.5, 0.6) is 5.75 Å². The molecule has 0 radical (unpaired) electrons. The van der Waals surface area contributed by atoms with Crippen molar-refractivity contribution < 1.29 is 4.74 Å². The number of hydrogen-bond donors (Lipinski definition) is 1. The van der Waals surface area contributed by atoms with Gasteiger partial charge in [-0.05, 0) is 18.1 Å². The van der Waals surface area contributed by atoms with Gasteiger partial charge in [-0.3, -0.25) is 0 Å². The SMILES string of the molecule is NCCN1CCc2cc(Cl)c3c(c21)CCO3. The number of halogens is 1. The second kappa shape index (κ2) is 3.82. The van der Waals surface area contributed by atoms with Crippen LogP contribution in [0.3, 0.4) is 0 Å². The molecule has 0 amide bonds. The van der Waals surface area contributed by atoms with Crippen LogP contribution in [-0.2, 0) is 12.8 Å². The number of nitrogens with two attached hydrogens (primary N) is 1. The molecule has 1 aromatic rings. The summed E-state index contributed by atoms with van der Waals surface area (Å²) >= 11 is 6.21. The number of ether oxygens (including phenoxy) is 1. The topological polar surface area (TPSA) is 38.5 Å². The van der Waals surface area contributed by atoms with E-state index in [2.05, 4.69) is 11.0 Å². The van der Waals surface area contributed by atoms with E-state index >= 15 is 0 Å². The minimum Gasteiger partial charge on any atom is -0.491 e. The molecule has 2 aliphatic rings. The third-order valence-corrected chi connectivity index (χ3v) is 3.63. The van der Waals surface area contributed by atoms with Crippen molar-refractivity contribution in [1.29, 1.82) is 0 Å². The van der Waals surface area contributed by atoms with E-state index in [4.69, 9.17) is 22.1 Å². The first-order chi connectivity index (χ1) is 7.81. The summed E-state index contributed by atoms with van der Waals surface area (Å²) in [5.41, 5.74) is 9.61. The van der Waals surface area contributed by atoms with Crippen molar-refractivity contribution in [2.75, 3.05) is 31.1 Å². The zero-order valence-corrected chi connectivity index (χ0v) is 9.89. The van der Waals surface area contributed by atoms with Gasteiger partial charge in [0.25, 0.3) is 0 Å².